The first-order valence-electron chi connectivity index (χ1n) is 5.80. The average Bonchev–Trinajstić information content (AvgIpc) is 3.04. The highest BCUT2D eigenvalue weighted by Gasteiger charge is 2.15. The fourth-order valence-corrected chi connectivity index (χ4v) is 2.58. The molecular weight excluding hydrogens is 266 g/mol. The molecule has 0 aliphatic carbocycles. The summed E-state index contributed by atoms with van der Waals surface area (Å²) in [4.78, 5) is 11.5. The van der Waals surface area contributed by atoms with Crippen molar-refractivity contribution in [3.05, 3.63) is 29.1 Å². The Kier molecular flexibility index (Phi) is 3.08. The number of hydrogen-bond donors (Lipinski definition) is 1. The van der Waals surface area contributed by atoms with E-state index in [4.69, 9.17) is 14.6 Å². The van der Waals surface area contributed by atoms with E-state index in [0.29, 0.717) is 6.42 Å². The van der Waals surface area contributed by atoms with Crippen LogP contribution >= 0.6 is 11.5 Å². The van der Waals surface area contributed by atoms with Gasteiger partial charge in [-0.25, -0.2) is 0 Å². The van der Waals surface area contributed by atoms with Crippen molar-refractivity contribution >= 4 is 17.5 Å². The largest absolute Gasteiger partial charge is 0.481 e. The summed E-state index contributed by atoms with van der Waals surface area (Å²) in [5.74, 6) is 0.667. The molecule has 0 saturated heterocycles. The van der Waals surface area contributed by atoms with Crippen LogP contribution in [0.25, 0.3) is 11.3 Å². The number of rotatable bonds is 4. The number of carbonyl (C=O) groups is 1. The molecule has 1 aromatic heterocycles. The zero-order chi connectivity index (χ0) is 13.2. The molecule has 1 aliphatic rings. The molecule has 1 aliphatic heterocycles. The van der Waals surface area contributed by atoms with Crippen LogP contribution in [0.3, 0.4) is 0 Å². The lowest BCUT2D eigenvalue weighted by atomic mass is 10.1. The van der Waals surface area contributed by atoms with Crippen molar-refractivity contribution in [2.45, 2.75) is 12.8 Å². The number of aromatic nitrogens is 1. The third-order valence-corrected chi connectivity index (χ3v) is 3.66. The van der Waals surface area contributed by atoms with Crippen molar-refractivity contribution in [3.8, 4) is 22.8 Å². The van der Waals surface area contributed by atoms with Crippen LogP contribution in [0.15, 0.2) is 24.3 Å². The van der Waals surface area contributed by atoms with Crippen LogP contribution in [-0.4, -0.2) is 22.2 Å². The zero-order valence-electron chi connectivity index (χ0n) is 9.96. The normalized spacial score (nSPS) is 12.6. The molecule has 1 N–H and O–H groups in total. The number of nitrogens with zero attached hydrogens (tertiary/aromatic N) is 1. The highest BCUT2D eigenvalue weighted by Crippen LogP contribution is 2.36. The zero-order valence-corrected chi connectivity index (χ0v) is 10.8. The summed E-state index contributed by atoms with van der Waals surface area (Å²) in [7, 11) is 0. The monoisotopic (exact) mass is 277 g/mol. The number of aryl methyl sites for hydroxylation is 1. The maximum absolute atomic E-state index is 10.5. The lowest BCUT2D eigenvalue weighted by Gasteiger charge is -1.99. The van der Waals surface area contributed by atoms with Gasteiger partial charge < -0.3 is 14.6 Å². The Hall–Kier alpha value is -2.08. The highest BCUT2D eigenvalue weighted by molar-refractivity contribution is 7.06. The molecule has 19 heavy (non-hydrogen) atoms. The van der Waals surface area contributed by atoms with Gasteiger partial charge in [0.1, 0.15) is 0 Å². The summed E-state index contributed by atoms with van der Waals surface area (Å²) in [6, 6.07) is 7.58. The van der Waals surface area contributed by atoms with E-state index >= 15 is 0 Å². The van der Waals surface area contributed by atoms with Gasteiger partial charge in [0.15, 0.2) is 11.5 Å². The van der Waals surface area contributed by atoms with E-state index < -0.39 is 5.97 Å². The Morgan fingerprint density at radius 2 is 2.16 bits per heavy atom. The lowest BCUT2D eigenvalue weighted by Crippen LogP contribution is -1.95. The van der Waals surface area contributed by atoms with E-state index in [9.17, 15) is 4.79 Å². The maximum atomic E-state index is 10.5. The molecule has 0 atom stereocenters. The van der Waals surface area contributed by atoms with E-state index in [1.54, 1.807) is 0 Å². The summed E-state index contributed by atoms with van der Waals surface area (Å²) in [6.45, 7) is 0.250. The van der Waals surface area contributed by atoms with Crippen molar-refractivity contribution in [2.24, 2.45) is 0 Å². The van der Waals surface area contributed by atoms with Gasteiger partial charge in [0.25, 0.3) is 0 Å². The Bertz CT molecular complexity index is 623. The maximum Gasteiger partial charge on any atom is 0.303 e. The number of aliphatic carboxylic acids is 1. The van der Waals surface area contributed by atoms with Crippen molar-refractivity contribution in [3.63, 3.8) is 0 Å². The van der Waals surface area contributed by atoms with E-state index in [1.807, 2.05) is 24.3 Å². The molecule has 2 heterocycles. The van der Waals surface area contributed by atoms with Gasteiger partial charge in [-0.3, -0.25) is 4.79 Å². The number of fused-ring (bicyclic) bond motifs is 1. The summed E-state index contributed by atoms with van der Waals surface area (Å²) in [5.41, 5.74) is 1.78. The molecule has 0 radical (unpaired) electrons. The Morgan fingerprint density at radius 1 is 1.32 bits per heavy atom. The quantitative estimate of drug-likeness (QED) is 0.930. The van der Waals surface area contributed by atoms with E-state index in [0.717, 1.165) is 27.6 Å². The third kappa shape index (κ3) is 2.53. The number of ether oxygens (including phenoxy) is 2. The number of benzene rings is 1. The second kappa shape index (κ2) is 4.89. The molecule has 3 rings (SSSR count). The SMILES string of the molecule is O=C(O)CCc1cc(-c2ccc3c(c2)OCO3)ns1. The first kappa shape index (κ1) is 12.0. The number of hydrogen-bond acceptors (Lipinski definition) is 5. The molecule has 1 aromatic carbocycles. The summed E-state index contributed by atoms with van der Waals surface area (Å²) in [5, 5.41) is 8.66. The number of carboxylic acids is 1. The smallest absolute Gasteiger partial charge is 0.303 e. The molecular formula is C13H11NO4S. The first-order chi connectivity index (χ1) is 9.22. The Balaban J connectivity index is 1.80. The molecule has 2 aromatic rings. The fourth-order valence-electron chi connectivity index (χ4n) is 1.85. The van der Waals surface area contributed by atoms with Gasteiger partial charge in [0.05, 0.1) is 12.1 Å². The Labute approximate surface area is 113 Å². The van der Waals surface area contributed by atoms with Crippen LogP contribution in [0.2, 0.25) is 0 Å². The molecule has 98 valence electrons. The molecule has 0 bridgehead atoms. The second-order valence-electron chi connectivity index (χ2n) is 4.14. The predicted octanol–water partition coefficient (Wildman–Crippen LogP) is 2.56. The van der Waals surface area contributed by atoms with E-state index in [-0.39, 0.29) is 13.2 Å². The van der Waals surface area contributed by atoms with Gasteiger partial charge in [0.2, 0.25) is 6.79 Å². The highest BCUT2D eigenvalue weighted by atomic mass is 32.1. The van der Waals surface area contributed by atoms with E-state index in [1.165, 1.54) is 11.5 Å². The minimum Gasteiger partial charge on any atom is -0.481 e. The molecule has 5 nitrogen and oxygen atoms in total. The van der Waals surface area contributed by atoms with E-state index in [2.05, 4.69) is 4.37 Å². The summed E-state index contributed by atoms with van der Waals surface area (Å²) in [6.07, 6.45) is 0.639. The van der Waals surface area contributed by atoms with Crippen LogP contribution in [0.4, 0.5) is 0 Å². The van der Waals surface area contributed by atoms with Crippen LogP contribution < -0.4 is 9.47 Å². The van der Waals surface area contributed by atoms with Gasteiger partial charge in [-0.05, 0) is 42.2 Å². The molecule has 6 heteroatoms. The number of carboxylic acid groups (broad SMARTS) is 1. The lowest BCUT2D eigenvalue weighted by molar-refractivity contribution is -0.136. The fraction of sp³-hybridized carbons (Fsp3) is 0.231. The van der Waals surface area contributed by atoms with Crippen molar-refractivity contribution < 1.29 is 19.4 Å². The minimum absolute atomic E-state index is 0.128. The first-order valence-corrected chi connectivity index (χ1v) is 6.57. The molecule has 0 fully saturated rings. The van der Waals surface area contributed by atoms with Crippen molar-refractivity contribution in [1.29, 1.82) is 0 Å². The Morgan fingerprint density at radius 3 is 3.00 bits per heavy atom. The molecule has 0 unspecified atom stereocenters. The minimum atomic E-state index is -0.793. The van der Waals surface area contributed by atoms with Crippen LogP contribution in [0, 0.1) is 0 Å². The van der Waals surface area contributed by atoms with Crippen LogP contribution in [0.5, 0.6) is 11.5 Å². The molecule has 0 spiro atoms. The van der Waals surface area contributed by atoms with Gasteiger partial charge in [-0.2, -0.15) is 4.37 Å². The van der Waals surface area contributed by atoms with Gasteiger partial charge >= 0.3 is 5.97 Å². The van der Waals surface area contributed by atoms with Crippen molar-refractivity contribution in [2.75, 3.05) is 6.79 Å². The third-order valence-electron chi connectivity index (χ3n) is 2.81. The topological polar surface area (TPSA) is 68.7 Å². The standard InChI is InChI=1S/C13H11NO4S/c15-13(16)4-2-9-6-10(14-19-9)8-1-3-11-12(5-8)18-7-17-11/h1,3,5-6H,2,4,7H2,(H,15,16). The van der Waals surface area contributed by atoms with Gasteiger partial charge in [0, 0.05) is 10.4 Å². The van der Waals surface area contributed by atoms with Crippen LogP contribution in [0.1, 0.15) is 11.3 Å². The second-order valence-corrected chi connectivity index (χ2v) is 5.03. The molecule has 0 saturated carbocycles. The van der Waals surface area contributed by atoms with Crippen molar-refractivity contribution in [1.82, 2.24) is 4.37 Å². The van der Waals surface area contributed by atoms with Crippen LogP contribution in [-0.2, 0) is 11.2 Å². The molecule has 0 amide bonds. The summed E-state index contributed by atoms with van der Waals surface area (Å²) >= 11 is 1.33. The van der Waals surface area contributed by atoms with Gasteiger partial charge in [-0.15, -0.1) is 0 Å². The van der Waals surface area contributed by atoms with Gasteiger partial charge in [-0.1, -0.05) is 0 Å². The predicted molar refractivity (Wildman–Crippen MR) is 69.6 cm³/mol. The summed E-state index contributed by atoms with van der Waals surface area (Å²) < 4.78 is 14.9. The average molecular weight is 277 g/mol.